The molecule has 2 heterocycles. The van der Waals surface area contributed by atoms with Crippen LogP contribution in [0.25, 0.3) is 10.9 Å². The van der Waals surface area contributed by atoms with Gasteiger partial charge >= 0.3 is 5.69 Å². The van der Waals surface area contributed by atoms with E-state index in [0.29, 0.717) is 16.9 Å². The molecule has 1 saturated carbocycles. The number of benzene rings is 1. The van der Waals surface area contributed by atoms with Crippen molar-refractivity contribution in [1.29, 1.82) is 0 Å². The van der Waals surface area contributed by atoms with E-state index in [-0.39, 0.29) is 11.6 Å². The minimum absolute atomic E-state index is 0.230. The summed E-state index contributed by atoms with van der Waals surface area (Å²) in [4.78, 5) is 30.6. The molecule has 1 fully saturated rings. The number of rotatable bonds is 4. The maximum absolute atomic E-state index is 11.8. The zero-order valence-electron chi connectivity index (χ0n) is 15.5. The van der Waals surface area contributed by atoms with Gasteiger partial charge in [-0.2, -0.15) is 0 Å². The highest BCUT2D eigenvalue weighted by Crippen LogP contribution is 2.28. The Morgan fingerprint density at radius 1 is 1.07 bits per heavy atom. The van der Waals surface area contributed by atoms with Gasteiger partial charge in [-0.15, -0.1) is 0 Å². The molecule has 0 bridgehead atoms. The van der Waals surface area contributed by atoms with E-state index in [1.54, 1.807) is 6.20 Å². The molecule has 7 nitrogen and oxygen atoms in total. The lowest BCUT2D eigenvalue weighted by atomic mass is 9.91. The lowest BCUT2D eigenvalue weighted by Crippen LogP contribution is -2.36. The molecule has 0 amide bonds. The van der Waals surface area contributed by atoms with Crippen LogP contribution in [0.1, 0.15) is 25.7 Å². The van der Waals surface area contributed by atoms with Gasteiger partial charge in [-0.05, 0) is 49.9 Å². The molecule has 0 saturated heterocycles. The van der Waals surface area contributed by atoms with E-state index in [2.05, 4.69) is 20.6 Å². The Hall–Kier alpha value is -2.80. The minimum Gasteiger partial charge on any atom is -0.382 e. The second-order valence-electron chi connectivity index (χ2n) is 7.24. The monoisotopic (exact) mass is 399 g/mol. The van der Waals surface area contributed by atoms with Crippen LogP contribution < -0.4 is 21.9 Å². The van der Waals surface area contributed by atoms with Gasteiger partial charge in [0.25, 0.3) is 5.56 Å². The van der Waals surface area contributed by atoms with Crippen molar-refractivity contribution in [3.63, 3.8) is 0 Å². The van der Waals surface area contributed by atoms with E-state index < -0.39 is 5.69 Å². The second kappa shape index (κ2) is 7.67. The van der Waals surface area contributed by atoms with Crippen LogP contribution in [0.15, 0.2) is 46.1 Å². The van der Waals surface area contributed by atoms with Gasteiger partial charge in [-0.3, -0.25) is 19.3 Å². The van der Waals surface area contributed by atoms with Crippen LogP contribution in [-0.2, 0) is 7.05 Å². The average molecular weight is 400 g/mol. The molecule has 0 aliphatic heterocycles. The number of hydrogen-bond donors (Lipinski definition) is 3. The summed E-state index contributed by atoms with van der Waals surface area (Å²) in [6.45, 7) is 0. The highest BCUT2D eigenvalue weighted by molar-refractivity contribution is 6.31. The fourth-order valence-corrected chi connectivity index (χ4v) is 3.87. The molecule has 3 aromatic rings. The van der Waals surface area contributed by atoms with Crippen molar-refractivity contribution in [2.75, 3.05) is 10.6 Å². The number of anilines is 2. The summed E-state index contributed by atoms with van der Waals surface area (Å²) in [7, 11) is 1.46. The van der Waals surface area contributed by atoms with Gasteiger partial charge in [-0.1, -0.05) is 11.6 Å². The fourth-order valence-electron chi connectivity index (χ4n) is 3.70. The number of halogens is 1. The SMILES string of the molecule is Cn1c(=O)cc(N[C@H]2CC[C@@H](Nc3ccnc4cc(Cl)ccc34)CC2)[nH]c1=O. The fraction of sp³-hybridized carbons (Fsp3) is 0.350. The molecule has 0 radical (unpaired) electrons. The Kier molecular flexibility index (Phi) is 5.09. The first-order valence-electron chi connectivity index (χ1n) is 9.37. The largest absolute Gasteiger partial charge is 0.382 e. The molecular formula is C20H22ClN5O2. The molecule has 3 N–H and O–H groups in total. The molecule has 8 heteroatoms. The smallest absolute Gasteiger partial charge is 0.329 e. The van der Waals surface area contributed by atoms with Crippen LogP contribution in [0.5, 0.6) is 0 Å². The first kappa shape index (κ1) is 18.6. The maximum Gasteiger partial charge on any atom is 0.329 e. The van der Waals surface area contributed by atoms with Gasteiger partial charge in [0.15, 0.2) is 0 Å². The average Bonchev–Trinajstić information content (AvgIpc) is 2.67. The number of H-pyrrole nitrogens is 1. The van der Waals surface area contributed by atoms with E-state index >= 15 is 0 Å². The van der Waals surface area contributed by atoms with Gasteiger partial charge in [0.2, 0.25) is 0 Å². The van der Waals surface area contributed by atoms with Crippen molar-refractivity contribution in [3.05, 3.63) is 62.4 Å². The Morgan fingerprint density at radius 2 is 1.79 bits per heavy atom. The second-order valence-corrected chi connectivity index (χ2v) is 7.68. The van der Waals surface area contributed by atoms with Crippen LogP contribution in [0.3, 0.4) is 0 Å². The Balaban J connectivity index is 1.40. The first-order valence-corrected chi connectivity index (χ1v) is 9.75. The topological polar surface area (TPSA) is 91.8 Å². The summed E-state index contributed by atoms with van der Waals surface area (Å²) in [6.07, 6.45) is 5.67. The number of nitrogens with one attached hydrogen (secondary N) is 3. The number of nitrogens with zero attached hydrogens (tertiary/aromatic N) is 2. The zero-order valence-corrected chi connectivity index (χ0v) is 16.3. The summed E-state index contributed by atoms with van der Waals surface area (Å²) in [5.74, 6) is 0.488. The van der Waals surface area contributed by atoms with Crippen molar-refractivity contribution in [2.24, 2.45) is 7.05 Å². The molecule has 1 aromatic carbocycles. The third-order valence-electron chi connectivity index (χ3n) is 5.30. The molecule has 0 atom stereocenters. The van der Waals surface area contributed by atoms with Crippen molar-refractivity contribution < 1.29 is 0 Å². The van der Waals surface area contributed by atoms with Crippen LogP contribution in [0.2, 0.25) is 5.02 Å². The van der Waals surface area contributed by atoms with E-state index in [1.807, 2.05) is 24.3 Å². The van der Waals surface area contributed by atoms with E-state index in [4.69, 9.17) is 11.6 Å². The lowest BCUT2D eigenvalue weighted by molar-refractivity contribution is 0.428. The number of aromatic amines is 1. The standard InChI is InChI=1S/C20H22ClN5O2/c1-26-19(27)11-18(25-20(26)28)24-14-5-3-13(4-6-14)23-16-8-9-22-17-10-12(21)2-7-15(16)17/h2,7-11,13-14,24H,3-6H2,1H3,(H,22,23)(H,25,28)/t13-,14+. The lowest BCUT2D eigenvalue weighted by Gasteiger charge is -2.31. The van der Waals surface area contributed by atoms with Crippen LogP contribution in [-0.4, -0.2) is 26.6 Å². The van der Waals surface area contributed by atoms with E-state index in [1.165, 1.54) is 13.1 Å². The van der Waals surface area contributed by atoms with Crippen molar-refractivity contribution in [1.82, 2.24) is 14.5 Å². The predicted octanol–water partition coefficient (Wildman–Crippen LogP) is 3.11. The highest BCUT2D eigenvalue weighted by Gasteiger charge is 2.22. The normalized spacial score (nSPS) is 19.5. The first-order chi connectivity index (χ1) is 13.5. The van der Waals surface area contributed by atoms with Crippen molar-refractivity contribution in [2.45, 2.75) is 37.8 Å². The summed E-state index contributed by atoms with van der Waals surface area (Å²) in [6, 6.07) is 9.75. The Labute approximate surface area is 166 Å². The van der Waals surface area contributed by atoms with Gasteiger partial charge in [0.1, 0.15) is 5.82 Å². The minimum atomic E-state index is -0.407. The summed E-state index contributed by atoms with van der Waals surface area (Å²) < 4.78 is 1.05. The summed E-state index contributed by atoms with van der Waals surface area (Å²) in [5.41, 5.74) is 1.22. The predicted molar refractivity (Wildman–Crippen MR) is 112 cm³/mol. The molecule has 146 valence electrons. The third-order valence-corrected chi connectivity index (χ3v) is 5.53. The molecule has 1 aliphatic rings. The quantitative estimate of drug-likeness (QED) is 0.627. The number of aromatic nitrogens is 3. The molecule has 2 aromatic heterocycles. The van der Waals surface area contributed by atoms with Crippen LogP contribution in [0.4, 0.5) is 11.5 Å². The van der Waals surface area contributed by atoms with Crippen molar-refractivity contribution in [3.8, 4) is 0 Å². The van der Waals surface area contributed by atoms with E-state index in [9.17, 15) is 9.59 Å². The van der Waals surface area contributed by atoms with Crippen molar-refractivity contribution >= 4 is 34.0 Å². The molecular weight excluding hydrogens is 378 g/mol. The zero-order chi connectivity index (χ0) is 19.7. The van der Waals surface area contributed by atoms with Gasteiger partial charge in [-0.25, -0.2) is 4.79 Å². The van der Waals surface area contributed by atoms with Gasteiger partial charge in [0, 0.05) is 47.5 Å². The van der Waals surface area contributed by atoms with Crippen LogP contribution >= 0.6 is 11.6 Å². The Morgan fingerprint density at radius 3 is 2.50 bits per heavy atom. The van der Waals surface area contributed by atoms with Gasteiger partial charge < -0.3 is 10.6 Å². The highest BCUT2D eigenvalue weighted by atomic mass is 35.5. The molecule has 1 aliphatic carbocycles. The molecule has 28 heavy (non-hydrogen) atoms. The number of hydrogen-bond acceptors (Lipinski definition) is 5. The van der Waals surface area contributed by atoms with Gasteiger partial charge in [0.05, 0.1) is 5.52 Å². The van der Waals surface area contributed by atoms with E-state index in [0.717, 1.165) is 46.8 Å². The number of fused-ring (bicyclic) bond motifs is 1. The Bertz CT molecular complexity index is 1080. The maximum atomic E-state index is 11.8. The summed E-state index contributed by atoms with van der Waals surface area (Å²) in [5, 5.41) is 8.66. The summed E-state index contributed by atoms with van der Waals surface area (Å²) >= 11 is 6.06. The molecule has 4 rings (SSSR count). The van der Waals surface area contributed by atoms with Crippen LogP contribution in [0, 0.1) is 0 Å². The molecule has 0 unspecified atom stereocenters. The number of pyridine rings is 1. The third kappa shape index (κ3) is 3.89. The molecule has 0 spiro atoms.